The van der Waals surface area contributed by atoms with Crippen LogP contribution >= 0.6 is 0 Å². The van der Waals surface area contributed by atoms with Gasteiger partial charge in [-0.25, -0.2) is 0 Å². The van der Waals surface area contributed by atoms with Gasteiger partial charge in [-0.1, -0.05) is 6.92 Å². The van der Waals surface area contributed by atoms with E-state index in [1.807, 2.05) is 0 Å². The van der Waals surface area contributed by atoms with E-state index < -0.39 is 0 Å². The van der Waals surface area contributed by atoms with E-state index in [0.29, 0.717) is 18.1 Å². The molecule has 0 amide bonds. The molecule has 2 fully saturated rings. The van der Waals surface area contributed by atoms with E-state index in [0.717, 1.165) is 13.2 Å². The van der Waals surface area contributed by atoms with Gasteiger partial charge in [-0.2, -0.15) is 0 Å². The molecular weight excluding hydrogens is 104 g/mol. The van der Waals surface area contributed by atoms with Gasteiger partial charge in [-0.15, -0.1) is 0 Å². The molecule has 2 heterocycles. The molecular formula is C6H10O2. The molecule has 2 aliphatic rings. The van der Waals surface area contributed by atoms with Gasteiger partial charge >= 0.3 is 0 Å². The van der Waals surface area contributed by atoms with E-state index in [4.69, 9.17) is 9.47 Å². The second-order valence-electron chi connectivity index (χ2n) is 2.60. The maximum atomic E-state index is 5.34. The minimum absolute atomic E-state index is 0.417. The summed E-state index contributed by atoms with van der Waals surface area (Å²) in [5.74, 6) is 0.648. The maximum absolute atomic E-state index is 5.34. The van der Waals surface area contributed by atoms with E-state index >= 15 is 0 Å². The Balaban J connectivity index is 2.16. The van der Waals surface area contributed by atoms with Crippen LogP contribution in [0.4, 0.5) is 0 Å². The fourth-order valence-corrected chi connectivity index (χ4v) is 1.38. The van der Waals surface area contributed by atoms with Crippen molar-refractivity contribution >= 4 is 0 Å². The van der Waals surface area contributed by atoms with Gasteiger partial charge in [0.1, 0.15) is 0 Å². The molecule has 2 bridgehead atoms. The molecule has 2 nitrogen and oxygen atoms in total. The van der Waals surface area contributed by atoms with Crippen molar-refractivity contribution in [3.8, 4) is 0 Å². The van der Waals surface area contributed by atoms with Crippen LogP contribution in [0.25, 0.3) is 0 Å². The molecule has 0 N–H and O–H groups in total. The lowest BCUT2D eigenvalue weighted by Gasteiger charge is -2.09. The summed E-state index contributed by atoms with van der Waals surface area (Å²) in [6.07, 6.45) is 0.833. The maximum Gasteiger partial charge on any atom is 0.0861 e. The van der Waals surface area contributed by atoms with Crippen LogP contribution in [0.5, 0.6) is 0 Å². The molecule has 3 atom stereocenters. The Kier molecular flexibility index (Phi) is 0.866. The third-order valence-electron chi connectivity index (χ3n) is 2.12. The second-order valence-corrected chi connectivity index (χ2v) is 2.60. The van der Waals surface area contributed by atoms with Crippen LogP contribution in [0.3, 0.4) is 0 Å². The molecule has 0 aromatic heterocycles. The smallest absolute Gasteiger partial charge is 0.0861 e. The summed E-state index contributed by atoms with van der Waals surface area (Å²) in [5, 5.41) is 0. The fraction of sp³-hybridized carbons (Fsp3) is 1.00. The summed E-state index contributed by atoms with van der Waals surface area (Å²) in [6, 6.07) is 0. The average Bonchev–Trinajstić information content (AvgIpc) is 2.29. The zero-order valence-electron chi connectivity index (χ0n) is 4.96. The van der Waals surface area contributed by atoms with Crippen LogP contribution in [-0.4, -0.2) is 25.4 Å². The van der Waals surface area contributed by atoms with Crippen molar-refractivity contribution in [3.63, 3.8) is 0 Å². The molecule has 2 unspecified atom stereocenters. The zero-order chi connectivity index (χ0) is 5.56. The van der Waals surface area contributed by atoms with Crippen molar-refractivity contribution in [2.24, 2.45) is 5.92 Å². The lowest BCUT2D eigenvalue weighted by molar-refractivity contribution is -0.0376. The molecule has 0 spiro atoms. The van der Waals surface area contributed by atoms with Crippen LogP contribution in [0, 0.1) is 5.92 Å². The van der Waals surface area contributed by atoms with E-state index in [1.165, 1.54) is 0 Å². The van der Waals surface area contributed by atoms with Crippen LogP contribution in [0.2, 0.25) is 0 Å². The predicted molar refractivity (Wildman–Crippen MR) is 28.6 cm³/mol. The van der Waals surface area contributed by atoms with Crippen LogP contribution in [0.1, 0.15) is 6.92 Å². The van der Waals surface area contributed by atoms with Crippen molar-refractivity contribution in [1.82, 2.24) is 0 Å². The first kappa shape index (κ1) is 4.77. The highest BCUT2D eigenvalue weighted by Gasteiger charge is 2.40. The molecule has 46 valence electrons. The first-order valence-corrected chi connectivity index (χ1v) is 3.11. The Morgan fingerprint density at radius 1 is 1.12 bits per heavy atom. The molecule has 0 saturated carbocycles. The quantitative estimate of drug-likeness (QED) is 0.454. The molecule has 0 aliphatic carbocycles. The normalized spacial score (nSPS) is 52.9. The summed E-state index contributed by atoms with van der Waals surface area (Å²) < 4.78 is 10.7. The molecule has 2 saturated heterocycles. The topological polar surface area (TPSA) is 18.5 Å². The molecule has 2 rings (SSSR count). The van der Waals surface area contributed by atoms with E-state index in [-0.39, 0.29) is 0 Å². The van der Waals surface area contributed by atoms with Crippen molar-refractivity contribution < 1.29 is 9.47 Å². The van der Waals surface area contributed by atoms with Crippen molar-refractivity contribution in [2.75, 3.05) is 13.2 Å². The Morgan fingerprint density at radius 3 is 1.75 bits per heavy atom. The molecule has 0 aromatic carbocycles. The SMILES string of the molecule is CC1C2CO[C@@H]1CO2. The monoisotopic (exact) mass is 114 g/mol. The van der Waals surface area contributed by atoms with Gasteiger partial charge in [0.15, 0.2) is 0 Å². The van der Waals surface area contributed by atoms with Gasteiger partial charge in [0.2, 0.25) is 0 Å². The molecule has 2 heteroatoms. The largest absolute Gasteiger partial charge is 0.373 e. The summed E-state index contributed by atoms with van der Waals surface area (Å²) in [7, 11) is 0. The van der Waals surface area contributed by atoms with E-state index in [9.17, 15) is 0 Å². The average molecular weight is 114 g/mol. The zero-order valence-corrected chi connectivity index (χ0v) is 4.96. The van der Waals surface area contributed by atoms with Gasteiger partial charge in [-0.3, -0.25) is 0 Å². The highest BCUT2D eigenvalue weighted by Crippen LogP contribution is 2.30. The third kappa shape index (κ3) is 0.446. The number of hydrogen-bond donors (Lipinski definition) is 0. The van der Waals surface area contributed by atoms with Crippen molar-refractivity contribution in [3.05, 3.63) is 0 Å². The summed E-state index contributed by atoms with van der Waals surface area (Å²) >= 11 is 0. The standard InChI is InChI=1S/C6H10O2/c1-4-5-2-7-6(4)3-8-5/h4-6H,2-3H2,1H3/t4?,5-,6?/m1/s1. The van der Waals surface area contributed by atoms with E-state index in [2.05, 4.69) is 6.92 Å². The van der Waals surface area contributed by atoms with Gasteiger partial charge in [-0.05, 0) is 0 Å². The Hall–Kier alpha value is -0.0800. The van der Waals surface area contributed by atoms with E-state index in [1.54, 1.807) is 0 Å². The Bertz CT molecular complexity index is 82.7. The number of hydrogen-bond acceptors (Lipinski definition) is 2. The molecule has 8 heavy (non-hydrogen) atoms. The van der Waals surface area contributed by atoms with Crippen LogP contribution in [0.15, 0.2) is 0 Å². The summed E-state index contributed by atoms with van der Waals surface area (Å²) in [5.41, 5.74) is 0. The fourth-order valence-electron chi connectivity index (χ4n) is 1.38. The highest BCUT2D eigenvalue weighted by molar-refractivity contribution is 4.87. The second kappa shape index (κ2) is 1.45. The number of fused-ring (bicyclic) bond motifs is 2. The van der Waals surface area contributed by atoms with Crippen LogP contribution in [-0.2, 0) is 9.47 Å². The molecule has 0 aromatic rings. The first-order chi connectivity index (χ1) is 3.88. The number of ether oxygens (including phenoxy) is 2. The lowest BCUT2D eigenvalue weighted by atomic mass is 10.1. The van der Waals surface area contributed by atoms with Gasteiger partial charge in [0.05, 0.1) is 25.4 Å². The molecule has 0 radical (unpaired) electrons. The first-order valence-electron chi connectivity index (χ1n) is 3.11. The summed E-state index contributed by atoms with van der Waals surface area (Å²) in [6.45, 7) is 3.84. The van der Waals surface area contributed by atoms with Crippen LogP contribution < -0.4 is 0 Å². The van der Waals surface area contributed by atoms with Gasteiger partial charge in [0, 0.05) is 5.92 Å². The Labute approximate surface area is 48.8 Å². The number of rotatable bonds is 0. The highest BCUT2D eigenvalue weighted by atomic mass is 16.6. The summed E-state index contributed by atoms with van der Waals surface area (Å²) in [4.78, 5) is 0. The third-order valence-corrected chi connectivity index (χ3v) is 2.12. The van der Waals surface area contributed by atoms with Gasteiger partial charge in [0.25, 0.3) is 0 Å². The minimum atomic E-state index is 0.417. The molecule has 2 aliphatic heterocycles. The van der Waals surface area contributed by atoms with Gasteiger partial charge < -0.3 is 9.47 Å². The minimum Gasteiger partial charge on any atom is -0.373 e. The Morgan fingerprint density at radius 2 is 1.62 bits per heavy atom. The predicted octanol–water partition coefficient (Wildman–Crippen LogP) is 0.420. The lowest BCUT2D eigenvalue weighted by Crippen LogP contribution is -2.16. The van der Waals surface area contributed by atoms with Crippen molar-refractivity contribution in [1.29, 1.82) is 0 Å². The van der Waals surface area contributed by atoms with Crippen molar-refractivity contribution in [2.45, 2.75) is 19.1 Å².